The summed E-state index contributed by atoms with van der Waals surface area (Å²) in [5.74, 6) is 3.46. The summed E-state index contributed by atoms with van der Waals surface area (Å²) >= 11 is 0. The van der Waals surface area contributed by atoms with E-state index in [2.05, 4.69) is 25.7 Å². The number of hydrogen-bond donors (Lipinski definition) is 1. The second-order valence-electron chi connectivity index (χ2n) is 7.57. The highest BCUT2D eigenvalue weighted by Crippen LogP contribution is 2.31. The summed E-state index contributed by atoms with van der Waals surface area (Å²) in [7, 11) is 0. The Morgan fingerprint density at radius 2 is 2.04 bits per heavy atom. The second-order valence-corrected chi connectivity index (χ2v) is 7.57. The predicted octanol–water partition coefficient (Wildman–Crippen LogP) is 2.46. The van der Waals surface area contributed by atoms with Crippen molar-refractivity contribution in [3.63, 3.8) is 0 Å². The van der Waals surface area contributed by atoms with Crippen molar-refractivity contribution in [2.75, 3.05) is 0 Å². The summed E-state index contributed by atoms with van der Waals surface area (Å²) in [6.07, 6.45) is 7.57. The van der Waals surface area contributed by atoms with Gasteiger partial charge in [-0.25, -0.2) is 0 Å². The van der Waals surface area contributed by atoms with Gasteiger partial charge in [0.25, 0.3) is 0 Å². The van der Waals surface area contributed by atoms with Gasteiger partial charge in [-0.15, -0.1) is 10.2 Å². The lowest BCUT2D eigenvalue weighted by Gasteiger charge is -2.24. The number of fused-ring (bicyclic) bond motifs is 1. The molecule has 0 radical (unpaired) electrons. The lowest BCUT2D eigenvalue weighted by atomic mass is 9.89. The van der Waals surface area contributed by atoms with Gasteiger partial charge in [-0.05, 0) is 33.1 Å². The number of carbonyl (C=O) groups excluding carboxylic acids is 1. The summed E-state index contributed by atoms with van der Waals surface area (Å²) in [6, 6.07) is -0.282. The molecule has 8 nitrogen and oxygen atoms in total. The second kappa shape index (κ2) is 7.17. The van der Waals surface area contributed by atoms with Gasteiger partial charge < -0.3 is 14.4 Å². The molecule has 0 unspecified atom stereocenters. The van der Waals surface area contributed by atoms with E-state index in [1.54, 1.807) is 0 Å². The van der Waals surface area contributed by atoms with E-state index in [1.165, 1.54) is 19.3 Å². The van der Waals surface area contributed by atoms with Gasteiger partial charge in [0, 0.05) is 18.9 Å². The Balaban J connectivity index is 1.37. The fraction of sp³-hybridized carbons (Fsp3) is 0.722. The molecule has 140 valence electrons. The van der Waals surface area contributed by atoms with Gasteiger partial charge >= 0.3 is 0 Å². The van der Waals surface area contributed by atoms with E-state index in [1.807, 2.05) is 18.4 Å². The van der Waals surface area contributed by atoms with E-state index in [4.69, 9.17) is 4.52 Å². The predicted molar refractivity (Wildman–Crippen MR) is 93.3 cm³/mol. The number of nitrogens with one attached hydrogen (secondary N) is 1. The molecule has 0 saturated heterocycles. The van der Waals surface area contributed by atoms with Crippen LogP contribution in [0.15, 0.2) is 4.52 Å². The average Bonchev–Trinajstić information content (AvgIpc) is 3.30. The number of aromatic nitrogens is 5. The maximum atomic E-state index is 12.7. The van der Waals surface area contributed by atoms with Crippen molar-refractivity contribution in [2.24, 2.45) is 5.92 Å². The van der Waals surface area contributed by atoms with Crippen LogP contribution in [0.3, 0.4) is 0 Å². The topological polar surface area (TPSA) is 98.7 Å². The first kappa shape index (κ1) is 17.2. The van der Waals surface area contributed by atoms with Crippen molar-refractivity contribution in [1.82, 2.24) is 30.2 Å². The number of hydrogen-bond acceptors (Lipinski definition) is 6. The molecule has 4 rings (SSSR count). The van der Waals surface area contributed by atoms with Gasteiger partial charge in [-0.1, -0.05) is 24.4 Å². The molecule has 2 aliphatic rings. The molecule has 0 spiro atoms. The Bertz CT molecular complexity index is 776. The Kier molecular flexibility index (Phi) is 4.74. The van der Waals surface area contributed by atoms with Crippen LogP contribution in [0, 0.1) is 12.8 Å². The average molecular weight is 358 g/mol. The summed E-state index contributed by atoms with van der Waals surface area (Å²) in [5.41, 5.74) is 0. The minimum atomic E-state index is -0.282. The molecule has 1 N–H and O–H groups in total. The zero-order chi connectivity index (χ0) is 18.1. The molecular weight excluding hydrogens is 332 g/mol. The smallest absolute Gasteiger partial charge is 0.248 e. The van der Waals surface area contributed by atoms with E-state index in [0.717, 1.165) is 43.2 Å². The fourth-order valence-electron chi connectivity index (χ4n) is 4.02. The van der Waals surface area contributed by atoms with Crippen LogP contribution in [0.2, 0.25) is 0 Å². The lowest BCUT2D eigenvalue weighted by Crippen LogP contribution is -2.37. The Labute approximate surface area is 152 Å². The van der Waals surface area contributed by atoms with Gasteiger partial charge in [0.2, 0.25) is 11.8 Å². The van der Waals surface area contributed by atoms with Gasteiger partial charge in [-0.2, -0.15) is 4.98 Å². The largest absolute Gasteiger partial charge is 0.344 e. The summed E-state index contributed by atoms with van der Waals surface area (Å²) in [4.78, 5) is 17.2. The highest BCUT2D eigenvalue weighted by molar-refractivity contribution is 5.79. The number of carbonyl (C=O) groups is 1. The summed E-state index contributed by atoms with van der Waals surface area (Å²) < 4.78 is 7.46. The van der Waals surface area contributed by atoms with Crippen LogP contribution in [0.1, 0.15) is 80.8 Å². The van der Waals surface area contributed by atoms with Crippen molar-refractivity contribution >= 4 is 5.91 Å². The maximum Gasteiger partial charge on any atom is 0.248 e. The molecule has 1 saturated carbocycles. The minimum absolute atomic E-state index is 0.0219. The highest BCUT2D eigenvalue weighted by Gasteiger charge is 2.29. The lowest BCUT2D eigenvalue weighted by molar-refractivity contribution is -0.126. The van der Waals surface area contributed by atoms with E-state index in [-0.39, 0.29) is 17.9 Å². The number of amides is 1. The molecule has 0 aromatic carbocycles. The third kappa shape index (κ3) is 3.37. The van der Waals surface area contributed by atoms with Crippen molar-refractivity contribution in [3.05, 3.63) is 23.4 Å². The fourth-order valence-corrected chi connectivity index (χ4v) is 4.02. The standard InChI is InChI=1S/C18H26N6O2/c1-11(18-20-16(23-26-18)13-6-4-3-5-7-13)19-17(25)14-8-9-15-22-21-12(2)24(15)10-14/h11,13-14H,3-10H2,1-2H3,(H,19,25)/t11-,14-/m0/s1. The van der Waals surface area contributed by atoms with Crippen molar-refractivity contribution in [3.8, 4) is 0 Å². The first-order valence-electron chi connectivity index (χ1n) is 9.64. The first-order valence-corrected chi connectivity index (χ1v) is 9.64. The van der Waals surface area contributed by atoms with E-state index in [9.17, 15) is 4.79 Å². The molecule has 26 heavy (non-hydrogen) atoms. The normalized spacial score (nSPS) is 22.0. The number of rotatable bonds is 4. The summed E-state index contributed by atoms with van der Waals surface area (Å²) in [5, 5.41) is 15.4. The molecule has 1 aliphatic heterocycles. The maximum absolute atomic E-state index is 12.7. The molecule has 2 atom stereocenters. The quantitative estimate of drug-likeness (QED) is 0.901. The van der Waals surface area contributed by atoms with Crippen LogP contribution >= 0.6 is 0 Å². The molecule has 1 fully saturated rings. The molecular formula is C18H26N6O2. The third-order valence-electron chi connectivity index (χ3n) is 5.66. The van der Waals surface area contributed by atoms with Crippen LogP contribution in [-0.2, 0) is 17.8 Å². The van der Waals surface area contributed by atoms with Crippen molar-refractivity contribution in [1.29, 1.82) is 0 Å². The molecule has 3 heterocycles. The number of nitrogens with zero attached hydrogens (tertiary/aromatic N) is 5. The molecule has 2 aromatic heterocycles. The Morgan fingerprint density at radius 1 is 1.23 bits per heavy atom. The Hall–Kier alpha value is -2.25. The van der Waals surface area contributed by atoms with Crippen molar-refractivity contribution < 1.29 is 9.32 Å². The first-order chi connectivity index (χ1) is 12.6. The van der Waals surface area contributed by atoms with Gasteiger partial charge in [-0.3, -0.25) is 4.79 Å². The van der Waals surface area contributed by atoms with Crippen LogP contribution in [0.4, 0.5) is 0 Å². The minimum Gasteiger partial charge on any atom is -0.344 e. The Morgan fingerprint density at radius 3 is 2.85 bits per heavy atom. The van der Waals surface area contributed by atoms with Crippen LogP contribution < -0.4 is 5.32 Å². The van der Waals surface area contributed by atoms with Gasteiger partial charge in [0.05, 0.1) is 5.92 Å². The molecule has 0 bridgehead atoms. The molecule has 2 aromatic rings. The SMILES string of the molecule is Cc1nnc2n1C[C@@H](C(=O)N[C@@H](C)c1nc(C3CCCCC3)no1)CC2. The van der Waals surface area contributed by atoms with Crippen LogP contribution in [0.25, 0.3) is 0 Å². The van der Waals surface area contributed by atoms with E-state index in [0.29, 0.717) is 18.4 Å². The molecule has 1 aliphatic carbocycles. The zero-order valence-electron chi connectivity index (χ0n) is 15.4. The summed E-state index contributed by atoms with van der Waals surface area (Å²) in [6.45, 7) is 4.45. The number of aryl methyl sites for hydroxylation is 2. The van der Waals surface area contributed by atoms with Gasteiger partial charge in [0.1, 0.15) is 17.7 Å². The monoisotopic (exact) mass is 358 g/mol. The molecule has 8 heteroatoms. The van der Waals surface area contributed by atoms with Crippen molar-refractivity contribution in [2.45, 2.75) is 77.3 Å². The van der Waals surface area contributed by atoms with Gasteiger partial charge in [0.15, 0.2) is 5.82 Å². The molecule has 1 amide bonds. The van der Waals surface area contributed by atoms with Crippen LogP contribution in [0.5, 0.6) is 0 Å². The van der Waals surface area contributed by atoms with E-state index < -0.39 is 0 Å². The van der Waals surface area contributed by atoms with E-state index >= 15 is 0 Å². The van der Waals surface area contributed by atoms with Crippen LogP contribution in [-0.4, -0.2) is 30.8 Å². The zero-order valence-corrected chi connectivity index (χ0v) is 15.4. The highest BCUT2D eigenvalue weighted by atomic mass is 16.5. The third-order valence-corrected chi connectivity index (χ3v) is 5.66.